The van der Waals surface area contributed by atoms with Gasteiger partial charge in [-0.05, 0) is 42.3 Å². The zero-order chi connectivity index (χ0) is 16.7. The Morgan fingerprint density at radius 2 is 1.79 bits per heavy atom. The highest BCUT2D eigenvalue weighted by atomic mass is 16.4. The minimum atomic E-state index is -0.891. The van der Waals surface area contributed by atoms with Gasteiger partial charge in [-0.3, -0.25) is 10.1 Å². The molecule has 0 saturated heterocycles. The monoisotopic (exact) mass is 323 g/mol. The molecule has 0 aliphatic heterocycles. The van der Waals surface area contributed by atoms with Gasteiger partial charge in [-0.25, -0.2) is 0 Å². The van der Waals surface area contributed by atoms with E-state index in [1.54, 1.807) is 18.2 Å². The molecule has 0 aliphatic rings. The zero-order valence-electron chi connectivity index (χ0n) is 12.7. The molecule has 0 radical (unpaired) electrons. The van der Waals surface area contributed by atoms with Crippen molar-refractivity contribution in [3.8, 4) is 0 Å². The number of hydrogen-bond acceptors (Lipinski definition) is 6. The van der Waals surface area contributed by atoms with Crippen LogP contribution >= 0.6 is 0 Å². The maximum absolute atomic E-state index is 10.8. The molecule has 2 N–H and O–H groups in total. The number of anilines is 2. The number of nitrogens with zero attached hydrogens (tertiary/aromatic N) is 2. The molecular formula is C17H13N3O4. The van der Waals surface area contributed by atoms with Gasteiger partial charge in [-0.1, -0.05) is 12.1 Å². The summed E-state index contributed by atoms with van der Waals surface area (Å²) in [7, 11) is 0. The highest BCUT2D eigenvalue weighted by Gasteiger charge is 2.12. The van der Waals surface area contributed by atoms with Crippen LogP contribution in [0.4, 0.5) is 12.0 Å². The summed E-state index contributed by atoms with van der Waals surface area (Å²) in [5.41, 5.74) is 4.28. The molecule has 0 atom stereocenters. The normalized spacial score (nSPS) is 11.2. The van der Waals surface area contributed by atoms with Crippen LogP contribution in [0.3, 0.4) is 0 Å². The van der Waals surface area contributed by atoms with Gasteiger partial charge in [0.1, 0.15) is 11.0 Å². The minimum absolute atomic E-state index is 0.0595. The molecule has 0 fully saturated rings. The number of aliphatic carboxylic acids is 1. The van der Waals surface area contributed by atoms with Crippen molar-refractivity contribution in [3.05, 3.63) is 47.5 Å². The number of oxazole rings is 2. The third kappa shape index (κ3) is 2.67. The zero-order valence-corrected chi connectivity index (χ0v) is 12.7. The van der Waals surface area contributed by atoms with E-state index < -0.39 is 5.97 Å². The second-order valence-corrected chi connectivity index (χ2v) is 5.51. The fraction of sp³-hybridized carbons (Fsp3) is 0.118. The topological polar surface area (TPSA) is 101 Å². The number of hydrogen-bond donors (Lipinski definition) is 2. The van der Waals surface area contributed by atoms with Gasteiger partial charge >= 0.3 is 18.0 Å². The van der Waals surface area contributed by atoms with Crippen molar-refractivity contribution in [1.29, 1.82) is 0 Å². The number of rotatable bonds is 4. The third-order valence-corrected chi connectivity index (χ3v) is 3.57. The minimum Gasteiger partial charge on any atom is -0.481 e. The molecule has 2 aromatic heterocycles. The first-order valence-electron chi connectivity index (χ1n) is 7.32. The fourth-order valence-corrected chi connectivity index (χ4v) is 2.49. The number of carboxylic acid groups (broad SMARTS) is 1. The van der Waals surface area contributed by atoms with Crippen molar-refractivity contribution < 1.29 is 18.7 Å². The van der Waals surface area contributed by atoms with Crippen molar-refractivity contribution in [2.45, 2.75) is 13.3 Å². The van der Waals surface area contributed by atoms with Crippen LogP contribution in [0.15, 0.2) is 45.2 Å². The van der Waals surface area contributed by atoms with E-state index in [0.29, 0.717) is 22.2 Å². The van der Waals surface area contributed by atoms with Gasteiger partial charge in [-0.2, -0.15) is 9.97 Å². The Kier molecular flexibility index (Phi) is 3.19. The van der Waals surface area contributed by atoms with Gasteiger partial charge in [0.2, 0.25) is 0 Å². The number of carboxylic acids is 1. The fourth-order valence-electron chi connectivity index (χ4n) is 2.49. The van der Waals surface area contributed by atoms with Crippen LogP contribution < -0.4 is 5.32 Å². The summed E-state index contributed by atoms with van der Waals surface area (Å²) in [5.74, 6) is -0.891. The van der Waals surface area contributed by atoms with E-state index in [2.05, 4.69) is 15.3 Å². The molecule has 0 spiro atoms. The summed E-state index contributed by atoms with van der Waals surface area (Å²) in [4.78, 5) is 19.4. The quantitative estimate of drug-likeness (QED) is 0.591. The number of fused-ring (bicyclic) bond motifs is 2. The SMILES string of the molecule is Cc1ccc2nc(Nc3nc4cc(CC(=O)O)ccc4o3)oc2c1. The van der Waals surface area contributed by atoms with E-state index in [1.165, 1.54) is 0 Å². The van der Waals surface area contributed by atoms with E-state index in [9.17, 15) is 4.79 Å². The van der Waals surface area contributed by atoms with Gasteiger partial charge in [-0.15, -0.1) is 0 Å². The molecule has 7 heteroatoms. The lowest BCUT2D eigenvalue weighted by Gasteiger charge is -1.94. The number of aromatic nitrogens is 2. The summed E-state index contributed by atoms with van der Waals surface area (Å²) in [6.07, 6.45) is -0.0595. The second-order valence-electron chi connectivity index (χ2n) is 5.51. The van der Waals surface area contributed by atoms with Crippen molar-refractivity contribution in [1.82, 2.24) is 9.97 Å². The lowest BCUT2D eigenvalue weighted by Crippen LogP contribution is -1.99. The largest absolute Gasteiger partial charge is 0.481 e. The smallest absolute Gasteiger partial charge is 0.307 e. The summed E-state index contributed by atoms with van der Waals surface area (Å²) < 4.78 is 11.2. The number of nitrogens with one attached hydrogen (secondary N) is 1. The van der Waals surface area contributed by atoms with Crippen LogP contribution in [-0.4, -0.2) is 21.0 Å². The average Bonchev–Trinajstić information content (AvgIpc) is 3.08. The molecule has 7 nitrogen and oxygen atoms in total. The van der Waals surface area contributed by atoms with E-state index in [0.717, 1.165) is 11.1 Å². The van der Waals surface area contributed by atoms with Crippen LogP contribution in [0.2, 0.25) is 0 Å². The molecule has 24 heavy (non-hydrogen) atoms. The molecular weight excluding hydrogens is 310 g/mol. The molecule has 0 bridgehead atoms. The number of benzene rings is 2. The van der Waals surface area contributed by atoms with Crippen LogP contribution in [-0.2, 0) is 11.2 Å². The van der Waals surface area contributed by atoms with Crippen LogP contribution in [0.5, 0.6) is 0 Å². The van der Waals surface area contributed by atoms with E-state index in [4.69, 9.17) is 13.9 Å². The maximum Gasteiger partial charge on any atom is 0.307 e. The first-order chi connectivity index (χ1) is 11.6. The summed E-state index contributed by atoms with van der Waals surface area (Å²) in [6, 6.07) is 11.3. The van der Waals surface area contributed by atoms with Crippen LogP contribution in [0, 0.1) is 6.92 Å². The van der Waals surface area contributed by atoms with Gasteiger partial charge < -0.3 is 13.9 Å². The summed E-state index contributed by atoms with van der Waals surface area (Å²) in [5, 5.41) is 11.7. The molecule has 0 amide bonds. The Morgan fingerprint density at radius 1 is 1.04 bits per heavy atom. The summed E-state index contributed by atoms with van der Waals surface area (Å²) in [6.45, 7) is 1.98. The molecule has 120 valence electrons. The Hall–Kier alpha value is -3.35. The van der Waals surface area contributed by atoms with Crippen molar-refractivity contribution in [3.63, 3.8) is 0 Å². The van der Waals surface area contributed by atoms with Crippen LogP contribution in [0.25, 0.3) is 22.2 Å². The van der Waals surface area contributed by atoms with Crippen molar-refractivity contribution in [2.75, 3.05) is 5.32 Å². The Bertz CT molecular complexity index is 1060. The van der Waals surface area contributed by atoms with Crippen LogP contribution in [0.1, 0.15) is 11.1 Å². The molecule has 0 unspecified atom stereocenters. The molecule has 0 aliphatic carbocycles. The van der Waals surface area contributed by atoms with Gasteiger partial charge in [0.15, 0.2) is 11.2 Å². The molecule has 4 aromatic rings. The molecule has 4 rings (SSSR count). The van der Waals surface area contributed by atoms with Gasteiger partial charge in [0.05, 0.1) is 6.42 Å². The van der Waals surface area contributed by atoms with E-state index in [1.807, 2.05) is 25.1 Å². The molecule has 2 aromatic carbocycles. The highest BCUT2D eigenvalue weighted by Crippen LogP contribution is 2.25. The first-order valence-corrected chi connectivity index (χ1v) is 7.32. The lowest BCUT2D eigenvalue weighted by atomic mass is 10.1. The van der Waals surface area contributed by atoms with Crippen molar-refractivity contribution in [2.24, 2.45) is 0 Å². The van der Waals surface area contributed by atoms with Gasteiger partial charge in [0.25, 0.3) is 0 Å². The molecule has 2 heterocycles. The average molecular weight is 323 g/mol. The first kappa shape index (κ1) is 14.3. The van der Waals surface area contributed by atoms with Crippen molar-refractivity contribution >= 4 is 40.2 Å². The lowest BCUT2D eigenvalue weighted by molar-refractivity contribution is -0.136. The molecule has 0 saturated carbocycles. The van der Waals surface area contributed by atoms with E-state index >= 15 is 0 Å². The predicted octanol–water partition coefficient (Wildman–Crippen LogP) is 3.65. The van der Waals surface area contributed by atoms with Gasteiger partial charge in [0, 0.05) is 0 Å². The Labute approximate surface area is 135 Å². The maximum atomic E-state index is 10.8. The Balaban J connectivity index is 1.64. The highest BCUT2D eigenvalue weighted by molar-refractivity contribution is 5.79. The Morgan fingerprint density at radius 3 is 2.58 bits per heavy atom. The standard InChI is InChI=1S/C17H13N3O4/c1-9-2-4-11-14(6-9)24-16(18-11)20-17-19-12-7-10(8-15(21)22)3-5-13(12)23-17/h2-7H,8H2,1H3,(H,21,22)(H,18,19,20). The van der Waals surface area contributed by atoms with E-state index in [-0.39, 0.29) is 18.5 Å². The number of aryl methyl sites for hydroxylation is 1. The summed E-state index contributed by atoms with van der Waals surface area (Å²) >= 11 is 0. The third-order valence-electron chi connectivity index (χ3n) is 3.57. The number of carbonyl (C=O) groups is 1. The second kappa shape index (κ2) is 5.38. The predicted molar refractivity (Wildman–Crippen MR) is 87.4 cm³/mol.